The van der Waals surface area contributed by atoms with Crippen LogP contribution >= 0.6 is 24.0 Å². The van der Waals surface area contributed by atoms with Crippen LogP contribution in [0.3, 0.4) is 0 Å². The van der Waals surface area contributed by atoms with Gasteiger partial charge in [0.05, 0.1) is 6.54 Å². The van der Waals surface area contributed by atoms with Crippen LogP contribution in [0, 0.1) is 5.41 Å². The highest BCUT2D eigenvalue weighted by Gasteiger charge is 2.43. The van der Waals surface area contributed by atoms with Gasteiger partial charge in [0.2, 0.25) is 5.91 Å². The maximum atomic E-state index is 12.4. The van der Waals surface area contributed by atoms with Crippen molar-refractivity contribution in [2.24, 2.45) is 10.4 Å². The first-order chi connectivity index (χ1) is 12.6. The minimum atomic E-state index is 0. The van der Waals surface area contributed by atoms with Gasteiger partial charge in [0, 0.05) is 39.6 Å². The number of amides is 1. The molecule has 1 amide bonds. The van der Waals surface area contributed by atoms with Crippen LogP contribution in [-0.4, -0.2) is 54.9 Å². The summed E-state index contributed by atoms with van der Waals surface area (Å²) >= 11 is 0. The van der Waals surface area contributed by atoms with E-state index in [1.165, 1.54) is 25.7 Å². The fourth-order valence-electron chi connectivity index (χ4n) is 4.02. The average Bonchev–Trinajstić information content (AvgIpc) is 3.08. The highest BCUT2D eigenvalue weighted by molar-refractivity contribution is 14.0. The highest BCUT2D eigenvalue weighted by atomic mass is 127. The number of hydrogen-bond donors (Lipinski definition) is 1. The van der Waals surface area contributed by atoms with E-state index >= 15 is 0 Å². The van der Waals surface area contributed by atoms with Crippen molar-refractivity contribution in [1.82, 2.24) is 15.1 Å². The molecule has 5 nitrogen and oxygen atoms in total. The van der Waals surface area contributed by atoms with Gasteiger partial charge in [-0.25, -0.2) is 0 Å². The molecule has 1 spiro atoms. The van der Waals surface area contributed by atoms with E-state index in [0.717, 1.165) is 31.2 Å². The van der Waals surface area contributed by atoms with Gasteiger partial charge in [0.25, 0.3) is 0 Å². The molecule has 150 valence electrons. The minimum absolute atomic E-state index is 0. The zero-order valence-electron chi connectivity index (χ0n) is 16.6. The molecule has 3 rings (SSSR count). The van der Waals surface area contributed by atoms with Crippen LogP contribution in [-0.2, 0) is 11.3 Å². The van der Waals surface area contributed by atoms with Crippen LogP contribution in [0.4, 0.5) is 0 Å². The maximum Gasteiger partial charge on any atom is 0.224 e. The number of benzene rings is 1. The third-order valence-electron chi connectivity index (χ3n) is 5.76. The number of likely N-dealkylation sites (tertiary alicyclic amines) is 1. The molecule has 0 bridgehead atoms. The van der Waals surface area contributed by atoms with Crippen molar-refractivity contribution in [1.29, 1.82) is 0 Å². The number of hydrogen-bond acceptors (Lipinski definition) is 2. The Labute approximate surface area is 180 Å². The van der Waals surface area contributed by atoms with Gasteiger partial charge in [0.15, 0.2) is 5.96 Å². The number of carbonyl (C=O) groups is 1. The molecule has 2 fully saturated rings. The summed E-state index contributed by atoms with van der Waals surface area (Å²) in [7, 11) is 1.87. The zero-order valence-corrected chi connectivity index (χ0v) is 18.9. The number of halogens is 1. The molecule has 1 aliphatic heterocycles. The first-order valence-corrected chi connectivity index (χ1v) is 9.93. The smallest absolute Gasteiger partial charge is 0.224 e. The lowest BCUT2D eigenvalue weighted by Crippen LogP contribution is -2.42. The summed E-state index contributed by atoms with van der Waals surface area (Å²) in [5, 5.41) is 3.40. The number of rotatable bonds is 6. The third kappa shape index (κ3) is 5.83. The Morgan fingerprint density at radius 2 is 2.00 bits per heavy atom. The lowest BCUT2D eigenvalue weighted by Gasteiger charge is -2.38. The van der Waals surface area contributed by atoms with Gasteiger partial charge < -0.3 is 15.1 Å². The van der Waals surface area contributed by atoms with Crippen LogP contribution in [0.2, 0.25) is 0 Å². The molecule has 1 N–H and O–H groups in total. The first kappa shape index (κ1) is 22.0. The number of nitrogens with zero attached hydrogens (tertiary/aromatic N) is 3. The molecular weight excluding hydrogens is 451 g/mol. The zero-order chi connectivity index (χ0) is 18.4. The van der Waals surface area contributed by atoms with E-state index in [-0.39, 0.29) is 29.9 Å². The summed E-state index contributed by atoms with van der Waals surface area (Å²) in [6.45, 7) is 6.38. The van der Waals surface area contributed by atoms with Crippen molar-refractivity contribution < 1.29 is 4.79 Å². The van der Waals surface area contributed by atoms with Gasteiger partial charge in [-0.1, -0.05) is 36.8 Å². The Balaban J connectivity index is 0.00000261. The molecule has 0 unspecified atom stereocenters. The minimum Gasteiger partial charge on any atom is -0.357 e. The summed E-state index contributed by atoms with van der Waals surface area (Å²) < 4.78 is 0. The molecule has 1 saturated carbocycles. The molecule has 27 heavy (non-hydrogen) atoms. The number of nitrogens with one attached hydrogen (secondary N) is 1. The SMILES string of the molecule is CCNC(=NCCC(=O)N(C)Cc1ccccc1)N1CCC2(CCC2)C1.I. The second-order valence-corrected chi connectivity index (χ2v) is 7.75. The largest absolute Gasteiger partial charge is 0.357 e. The van der Waals surface area contributed by atoms with Crippen molar-refractivity contribution in [3.8, 4) is 0 Å². The van der Waals surface area contributed by atoms with E-state index in [1.54, 1.807) is 4.90 Å². The van der Waals surface area contributed by atoms with Gasteiger partial charge in [0.1, 0.15) is 0 Å². The van der Waals surface area contributed by atoms with Crippen molar-refractivity contribution in [3.63, 3.8) is 0 Å². The normalized spacial score (nSPS) is 18.0. The van der Waals surface area contributed by atoms with Crippen LogP contribution in [0.25, 0.3) is 0 Å². The van der Waals surface area contributed by atoms with E-state index in [2.05, 4.69) is 29.3 Å². The molecule has 0 atom stereocenters. The Kier molecular flexibility index (Phi) is 8.38. The molecule has 1 heterocycles. The number of aliphatic imine (C=N–C) groups is 1. The second-order valence-electron chi connectivity index (χ2n) is 7.75. The lowest BCUT2D eigenvalue weighted by atomic mass is 9.68. The van der Waals surface area contributed by atoms with Crippen LogP contribution in [0.1, 0.15) is 44.6 Å². The predicted octanol–water partition coefficient (Wildman–Crippen LogP) is 3.49. The Hall–Kier alpha value is -1.31. The summed E-state index contributed by atoms with van der Waals surface area (Å²) in [5.41, 5.74) is 1.71. The van der Waals surface area contributed by atoms with Crippen molar-refractivity contribution >= 4 is 35.8 Å². The molecule has 1 aromatic rings. The van der Waals surface area contributed by atoms with Crippen molar-refractivity contribution in [3.05, 3.63) is 35.9 Å². The molecule has 0 aromatic heterocycles. The molecule has 2 aliphatic rings. The van der Waals surface area contributed by atoms with E-state index in [0.29, 0.717) is 24.9 Å². The summed E-state index contributed by atoms with van der Waals surface area (Å²) in [6, 6.07) is 10.1. The van der Waals surface area contributed by atoms with Crippen LogP contribution in [0.5, 0.6) is 0 Å². The summed E-state index contributed by atoms with van der Waals surface area (Å²) in [5.74, 6) is 1.13. The van der Waals surface area contributed by atoms with E-state index in [9.17, 15) is 4.79 Å². The predicted molar refractivity (Wildman–Crippen MR) is 121 cm³/mol. The first-order valence-electron chi connectivity index (χ1n) is 9.93. The summed E-state index contributed by atoms with van der Waals surface area (Å²) in [4.78, 5) is 21.3. The fourth-order valence-corrected chi connectivity index (χ4v) is 4.02. The van der Waals surface area contributed by atoms with E-state index in [4.69, 9.17) is 4.99 Å². The Bertz CT molecular complexity index is 630. The average molecular weight is 484 g/mol. The van der Waals surface area contributed by atoms with Gasteiger partial charge in [-0.2, -0.15) is 0 Å². The molecule has 1 aromatic carbocycles. The summed E-state index contributed by atoms with van der Waals surface area (Å²) in [6.07, 6.45) is 5.86. The highest BCUT2D eigenvalue weighted by Crippen LogP contribution is 2.47. The number of carbonyl (C=O) groups excluding carboxylic acids is 1. The molecular formula is C21H33IN4O. The topological polar surface area (TPSA) is 47.9 Å². The lowest BCUT2D eigenvalue weighted by molar-refractivity contribution is -0.130. The van der Waals surface area contributed by atoms with Gasteiger partial charge >= 0.3 is 0 Å². The van der Waals surface area contributed by atoms with Crippen molar-refractivity contribution in [2.75, 3.05) is 33.2 Å². The Morgan fingerprint density at radius 1 is 1.26 bits per heavy atom. The monoisotopic (exact) mass is 484 g/mol. The standard InChI is InChI=1S/C21H32N4O.HI/c1-3-22-20(25-15-13-21(17-25)11-7-12-21)23-14-10-19(26)24(2)16-18-8-5-4-6-9-18;/h4-6,8-9H,3,7,10-17H2,1-2H3,(H,22,23);1H. The van der Waals surface area contributed by atoms with Gasteiger partial charge in [-0.3, -0.25) is 9.79 Å². The maximum absolute atomic E-state index is 12.4. The Morgan fingerprint density at radius 3 is 2.59 bits per heavy atom. The third-order valence-corrected chi connectivity index (χ3v) is 5.76. The molecule has 1 saturated heterocycles. The second kappa shape index (κ2) is 10.3. The van der Waals surface area contributed by atoms with Gasteiger partial charge in [-0.15, -0.1) is 24.0 Å². The fraction of sp³-hybridized carbons (Fsp3) is 0.619. The van der Waals surface area contributed by atoms with Crippen molar-refractivity contribution in [2.45, 2.75) is 45.6 Å². The van der Waals surface area contributed by atoms with Crippen LogP contribution < -0.4 is 5.32 Å². The van der Waals surface area contributed by atoms with E-state index < -0.39 is 0 Å². The van der Waals surface area contributed by atoms with Crippen LogP contribution in [0.15, 0.2) is 35.3 Å². The quantitative estimate of drug-likeness (QED) is 0.382. The molecule has 0 radical (unpaired) electrons. The molecule has 6 heteroatoms. The van der Waals surface area contributed by atoms with Gasteiger partial charge in [-0.05, 0) is 37.2 Å². The molecule has 1 aliphatic carbocycles. The van der Waals surface area contributed by atoms with E-state index in [1.807, 2.05) is 25.2 Å². The number of guanidine groups is 1.